The van der Waals surface area contributed by atoms with Crippen LogP contribution >= 0.6 is 0 Å². The van der Waals surface area contributed by atoms with Gasteiger partial charge in [-0.15, -0.1) is 0 Å². The maximum Gasteiger partial charge on any atom is 0.0704 e. The summed E-state index contributed by atoms with van der Waals surface area (Å²) in [6.45, 7) is 8.26. The summed E-state index contributed by atoms with van der Waals surface area (Å²) in [5.41, 5.74) is 3.75. The highest BCUT2D eigenvalue weighted by molar-refractivity contribution is 5.82. The molecule has 1 aromatic carbocycles. The molecule has 0 N–H and O–H groups in total. The number of fused-ring (bicyclic) bond motifs is 1. The normalized spacial score (nSPS) is 9.33. The van der Waals surface area contributed by atoms with Crippen molar-refractivity contribution in [1.82, 2.24) is 9.88 Å². The van der Waals surface area contributed by atoms with Crippen LogP contribution in [0.25, 0.3) is 10.9 Å². The Bertz CT molecular complexity index is 459. The molecule has 0 atom stereocenters. The van der Waals surface area contributed by atoms with Gasteiger partial charge in [-0.1, -0.05) is 26.0 Å². The predicted molar refractivity (Wildman–Crippen MR) is 82.2 cm³/mol. The van der Waals surface area contributed by atoms with Gasteiger partial charge in [0.15, 0.2) is 0 Å². The molecule has 0 spiro atoms. The summed E-state index contributed by atoms with van der Waals surface area (Å²) < 4.78 is 0. The lowest BCUT2D eigenvalue weighted by molar-refractivity contribution is 0.505. The molecule has 2 rings (SSSR count). The zero-order valence-corrected chi connectivity index (χ0v) is 12.8. The Morgan fingerprint density at radius 3 is 2.06 bits per heavy atom. The standard InChI is InChI=1S/C11H11N.C3H9N.C2H6/c1-8-5-6-11-10(9(8)2)4-3-7-12-11;1-4(2)3;1-2/h3-7H,1-2H3;1-3H3;1-2H3. The molecule has 0 aliphatic rings. The topological polar surface area (TPSA) is 16.1 Å². The second-order valence-corrected chi connectivity index (χ2v) is 4.42. The molecule has 0 saturated carbocycles. The number of benzene rings is 1. The maximum atomic E-state index is 4.28. The van der Waals surface area contributed by atoms with Crippen molar-refractivity contribution in [1.29, 1.82) is 0 Å². The Morgan fingerprint density at radius 2 is 1.50 bits per heavy atom. The molecule has 100 valence electrons. The van der Waals surface area contributed by atoms with E-state index in [2.05, 4.69) is 37.0 Å². The Kier molecular flexibility index (Phi) is 7.97. The molecule has 1 aromatic heterocycles. The molecule has 18 heavy (non-hydrogen) atoms. The smallest absolute Gasteiger partial charge is 0.0704 e. The van der Waals surface area contributed by atoms with Crippen LogP contribution in [0, 0.1) is 13.8 Å². The van der Waals surface area contributed by atoms with E-state index in [1.165, 1.54) is 16.5 Å². The van der Waals surface area contributed by atoms with Gasteiger partial charge in [-0.05, 0) is 58.3 Å². The molecule has 0 fully saturated rings. The maximum absolute atomic E-state index is 4.28. The number of aryl methyl sites for hydroxylation is 2. The fourth-order valence-corrected chi connectivity index (χ4v) is 1.41. The van der Waals surface area contributed by atoms with E-state index in [-0.39, 0.29) is 0 Å². The van der Waals surface area contributed by atoms with Crippen molar-refractivity contribution in [3.63, 3.8) is 0 Å². The second-order valence-electron chi connectivity index (χ2n) is 4.42. The third-order valence-corrected chi connectivity index (χ3v) is 2.33. The molecular formula is C16H26N2. The number of hydrogen-bond donors (Lipinski definition) is 0. The number of aromatic nitrogens is 1. The minimum Gasteiger partial charge on any atom is -0.312 e. The third-order valence-electron chi connectivity index (χ3n) is 2.33. The summed E-state index contributed by atoms with van der Waals surface area (Å²) in [6.07, 6.45) is 1.83. The molecule has 2 aromatic rings. The van der Waals surface area contributed by atoms with E-state index in [1.54, 1.807) is 0 Å². The van der Waals surface area contributed by atoms with Crippen LogP contribution in [0.1, 0.15) is 25.0 Å². The fraction of sp³-hybridized carbons (Fsp3) is 0.438. The minimum absolute atomic E-state index is 1.08. The Balaban J connectivity index is 0.000000415. The van der Waals surface area contributed by atoms with Crippen LogP contribution in [0.3, 0.4) is 0 Å². The molecule has 1 heterocycles. The first-order chi connectivity index (χ1) is 8.52. The van der Waals surface area contributed by atoms with Gasteiger partial charge in [-0.2, -0.15) is 0 Å². The highest BCUT2D eigenvalue weighted by Crippen LogP contribution is 2.18. The van der Waals surface area contributed by atoms with Crippen LogP contribution in [0.15, 0.2) is 30.5 Å². The number of pyridine rings is 1. The Hall–Kier alpha value is -1.41. The summed E-state index contributed by atoms with van der Waals surface area (Å²) in [5.74, 6) is 0. The van der Waals surface area contributed by atoms with Crippen LogP contribution in [-0.2, 0) is 0 Å². The number of hydrogen-bond acceptors (Lipinski definition) is 2. The molecule has 2 heteroatoms. The molecular weight excluding hydrogens is 220 g/mol. The zero-order chi connectivity index (χ0) is 14.1. The monoisotopic (exact) mass is 246 g/mol. The van der Waals surface area contributed by atoms with E-state index in [9.17, 15) is 0 Å². The summed E-state index contributed by atoms with van der Waals surface area (Å²) in [6, 6.07) is 8.28. The van der Waals surface area contributed by atoms with Gasteiger partial charge in [0, 0.05) is 11.6 Å². The van der Waals surface area contributed by atoms with Crippen molar-refractivity contribution in [2.24, 2.45) is 0 Å². The average Bonchev–Trinajstić information content (AvgIpc) is 2.36. The first-order valence-electron chi connectivity index (χ1n) is 6.44. The van der Waals surface area contributed by atoms with Crippen molar-refractivity contribution < 1.29 is 0 Å². The Morgan fingerprint density at radius 1 is 0.944 bits per heavy atom. The summed E-state index contributed by atoms with van der Waals surface area (Å²) in [7, 11) is 6.00. The van der Waals surface area contributed by atoms with E-state index < -0.39 is 0 Å². The van der Waals surface area contributed by atoms with Gasteiger partial charge in [0.05, 0.1) is 5.52 Å². The predicted octanol–water partition coefficient (Wildman–Crippen LogP) is 4.06. The van der Waals surface area contributed by atoms with Crippen LogP contribution in [-0.4, -0.2) is 31.0 Å². The van der Waals surface area contributed by atoms with Gasteiger partial charge in [0.25, 0.3) is 0 Å². The minimum atomic E-state index is 1.08. The van der Waals surface area contributed by atoms with Crippen molar-refractivity contribution >= 4 is 10.9 Å². The van der Waals surface area contributed by atoms with Gasteiger partial charge in [0.2, 0.25) is 0 Å². The SMILES string of the molecule is CC.CN(C)C.Cc1ccc2ncccc2c1C. The van der Waals surface area contributed by atoms with Crippen LogP contribution < -0.4 is 0 Å². The lowest BCUT2D eigenvalue weighted by Crippen LogP contribution is -1.99. The van der Waals surface area contributed by atoms with E-state index in [4.69, 9.17) is 0 Å². The first-order valence-corrected chi connectivity index (χ1v) is 6.44. The summed E-state index contributed by atoms with van der Waals surface area (Å²) in [4.78, 5) is 6.28. The highest BCUT2D eigenvalue weighted by Gasteiger charge is 1.98. The number of nitrogens with zero attached hydrogens (tertiary/aromatic N) is 2. The van der Waals surface area contributed by atoms with Gasteiger partial charge in [0.1, 0.15) is 0 Å². The fourth-order valence-electron chi connectivity index (χ4n) is 1.41. The lowest BCUT2D eigenvalue weighted by atomic mass is 10.0. The van der Waals surface area contributed by atoms with E-state index >= 15 is 0 Å². The van der Waals surface area contributed by atoms with Gasteiger partial charge in [-0.3, -0.25) is 4.98 Å². The molecule has 0 amide bonds. The van der Waals surface area contributed by atoms with Gasteiger partial charge < -0.3 is 4.90 Å². The first kappa shape index (κ1) is 16.6. The van der Waals surface area contributed by atoms with Crippen molar-refractivity contribution in [2.45, 2.75) is 27.7 Å². The molecule has 0 unspecified atom stereocenters. The van der Waals surface area contributed by atoms with E-state index in [0.717, 1.165) is 5.52 Å². The van der Waals surface area contributed by atoms with Crippen LogP contribution in [0.5, 0.6) is 0 Å². The molecule has 0 aliphatic carbocycles. The quantitative estimate of drug-likeness (QED) is 0.697. The van der Waals surface area contributed by atoms with E-state index in [1.807, 2.05) is 52.2 Å². The molecule has 0 aliphatic heterocycles. The lowest BCUT2D eigenvalue weighted by Gasteiger charge is -2.03. The van der Waals surface area contributed by atoms with Crippen LogP contribution in [0.4, 0.5) is 0 Å². The van der Waals surface area contributed by atoms with Gasteiger partial charge in [-0.25, -0.2) is 0 Å². The average molecular weight is 246 g/mol. The molecule has 0 bridgehead atoms. The molecule has 0 radical (unpaired) electrons. The number of rotatable bonds is 0. The van der Waals surface area contributed by atoms with Gasteiger partial charge >= 0.3 is 0 Å². The third kappa shape index (κ3) is 5.28. The highest BCUT2D eigenvalue weighted by atomic mass is 15.0. The molecule has 2 nitrogen and oxygen atoms in total. The van der Waals surface area contributed by atoms with Crippen molar-refractivity contribution in [3.05, 3.63) is 41.6 Å². The second kappa shape index (κ2) is 8.65. The van der Waals surface area contributed by atoms with Crippen molar-refractivity contribution in [3.8, 4) is 0 Å². The summed E-state index contributed by atoms with van der Waals surface area (Å²) >= 11 is 0. The van der Waals surface area contributed by atoms with Crippen molar-refractivity contribution in [2.75, 3.05) is 21.1 Å². The zero-order valence-electron chi connectivity index (χ0n) is 12.8. The summed E-state index contributed by atoms with van der Waals surface area (Å²) in [5, 5.41) is 1.26. The molecule has 0 saturated heterocycles. The largest absolute Gasteiger partial charge is 0.312 e. The van der Waals surface area contributed by atoms with Crippen LogP contribution in [0.2, 0.25) is 0 Å². The Labute approximate surface area is 112 Å². The van der Waals surface area contributed by atoms with E-state index in [0.29, 0.717) is 0 Å².